The van der Waals surface area contributed by atoms with Crippen molar-refractivity contribution in [1.82, 2.24) is 0 Å². The maximum Gasteiger partial charge on any atom is 0.122 e. The predicted molar refractivity (Wildman–Crippen MR) is 203 cm³/mol. The fourth-order valence-corrected chi connectivity index (χ4v) is 7.45. The Morgan fingerprint density at radius 2 is 0.898 bits per heavy atom. The first-order valence-electron chi connectivity index (χ1n) is 17.3. The monoisotopic (exact) mass is 644 g/mol. The highest BCUT2D eigenvalue weighted by Crippen LogP contribution is 2.56. The van der Waals surface area contributed by atoms with Crippen LogP contribution in [0.5, 0.6) is 11.5 Å². The minimum Gasteiger partial charge on any atom is -0.493 e. The largest absolute Gasteiger partial charge is 0.493 e. The third kappa shape index (κ3) is 6.39. The third-order valence-electron chi connectivity index (χ3n) is 9.86. The summed E-state index contributed by atoms with van der Waals surface area (Å²) in [6.45, 7) is 5.40. The van der Waals surface area contributed by atoms with Gasteiger partial charge in [-0.3, -0.25) is 0 Å². The highest BCUT2D eigenvalue weighted by molar-refractivity contribution is 5.86. The Morgan fingerprint density at radius 3 is 1.31 bits per heavy atom. The first kappa shape index (κ1) is 32.1. The summed E-state index contributed by atoms with van der Waals surface area (Å²) >= 11 is 0. The number of aryl methyl sites for hydroxylation is 4. The third-order valence-corrected chi connectivity index (χ3v) is 9.86. The molecule has 0 heterocycles. The number of ether oxygens (including phenoxy) is 2. The summed E-state index contributed by atoms with van der Waals surface area (Å²) in [6.07, 6.45) is 3.77. The van der Waals surface area contributed by atoms with E-state index in [0.717, 1.165) is 59.7 Å². The van der Waals surface area contributed by atoms with Gasteiger partial charge in [-0.15, -0.1) is 0 Å². The molecule has 0 atom stereocenters. The smallest absolute Gasteiger partial charge is 0.122 e. The second-order valence-electron chi connectivity index (χ2n) is 13.2. The molecule has 6 aromatic carbocycles. The van der Waals surface area contributed by atoms with E-state index in [2.05, 4.69) is 97.1 Å². The van der Waals surface area contributed by atoms with Crippen LogP contribution in [-0.2, 0) is 18.3 Å². The Labute approximate surface area is 290 Å². The standard InChI is InChI=1S/C45H44N2O2/c1-31-29-37(46)23-25-43(31)48-27-7-9-33-15-19-35(20-16-33)45(41-13-5-3-11-39(41)40-12-4-6-14-42(40)45)36-21-17-34(18-22-36)10-8-28-49-44-26-24-38(47)30-32(44)2/h3-6,11-26,29-30H,7-10,27-28,46-47H2,1-2H3. The minimum absolute atomic E-state index is 0.407. The summed E-state index contributed by atoms with van der Waals surface area (Å²) < 4.78 is 12.1. The second-order valence-corrected chi connectivity index (χ2v) is 13.2. The lowest BCUT2D eigenvalue weighted by Crippen LogP contribution is -2.28. The zero-order valence-electron chi connectivity index (χ0n) is 28.4. The summed E-state index contributed by atoms with van der Waals surface area (Å²) in [5, 5.41) is 0. The number of nitrogen functional groups attached to an aromatic ring is 2. The maximum atomic E-state index is 6.07. The van der Waals surface area contributed by atoms with Crippen molar-refractivity contribution in [3.63, 3.8) is 0 Å². The van der Waals surface area contributed by atoms with E-state index in [4.69, 9.17) is 20.9 Å². The first-order chi connectivity index (χ1) is 23.9. The highest BCUT2D eigenvalue weighted by Gasteiger charge is 2.45. The van der Waals surface area contributed by atoms with Gasteiger partial charge < -0.3 is 20.9 Å². The molecule has 0 radical (unpaired) electrons. The quantitative estimate of drug-likeness (QED) is 0.103. The van der Waals surface area contributed by atoms with Crippen molar-refractivity contribution in [2.24, 2.45) is 0 Å². The van der Waals surface area contributed by atoms with Crippen LogP contribution >= 0.6 is 0 Å². The topological polar surface area (TPSA) is 70.5 Å². The molecule has 6 aromatic rings. The molecule has 0 saturated carbocycles. The van der Waals surface area contributed by atoms with E-state index in [1.165, 1.54) is 44.5 Å². The lowest BCUT2D eigenvalue weighted by Gasteiger charge is -2.34. The molecule has 4 N–H and O–H groups in total. The molecule has 0 saturated heterocycles. The zero-order chi connectivity index (χ0) is 33.8. The van der Waals surface area contributed by atoms with Crippen LogP contribution in [0.2, 0.25) is 0 Å². The van der Waals surface area contributed by atoms with Crippen molar-refractivity contribution in [3.8, 4) is 22.6 Å². The van der Waals surface area contributed by atoms with Gasteiger partial charge in [0.2, 0.25) is 0 Å². The van der Waals surface area contributed by atoms with Crippen molar-refractivity contribution in [3.05, 3.63) is 178 Å². The Hall–Kier alpha value is -5.48. The van der Waals surface area contributed by atoms with Gasteiger partial charge in [0.25, 0.3) is 0 Å². The Kier molecular flexibility index (Phi) is 9.13. The van der Waals surface area contributed by atoms with Gasteiger partial charge in [0.05, 0.1) is 18.6 Å². The molecule has 4 heteroatoms. The number of fused-ring (bicyclic) bond motifs is 3. The Balaban J connectivity index is 1.12. The number of nitrogens with two attached hydrogens (primary N) is 2. The average molecular weight is 645 g/mol. The summed E-state index contributed by atoms with van der Waals surface area (Å²) in [7, 11) is 0. The van der Waals surface area contributed by atoms with Gasteiger partial charge >= 0.3 is 0 Å². The maximum absolute atomic E-state index is 6.07. The summed E-state index contributed by atoms with van der Waals surface area (Å²) in [4.78, 5) is 0. The van der Waals surface area contributed by atoms with Gasteiger partial charge in [-0.2, -0.15) is 0 Å². The molecule has 0 spiro atoms. The molecule has 0 unspecified atom stereocenters. The van der Waals surface area contributed by atoms with Crippen molar-refractivity contribution >= 4 is 11.4 Å². The normalized spacial score (nSPS) is 12.7. The summed E-state index contributed by atoms with van der Waals surface area (Å²) in [5.74, 6) is 1.80. The van der Waals surface area contributed by atoms with Gasteiger partial charge in [-0.05, 0) is 132 Å². The Morgan fingerprint density at radius 1 is 0.490 bits per heavy atom. The molecule has 49 heavy (non-hydrogen) atoms. The number of hydrogen-bond donors (Lipinski definition) is 2. The molecule has 7 rings (SSSR count). The van der Waals surface area contributed by atoms with Crippen LogP contribution in [0.4, 0.5) is 11.4 Å². The second kappa shape index (κ2) is 13.9. The molecule has 4 nitrogen and oxygen atoms in total. The minimum atomic E-state index is -0.407. The fraction of sp³-hybridized carbons (Fsp3) is 0.200. The number of rotatable bonds is 12. The molecule has 0 aromatic heterocycles. The van der Waals surface area contributed by atoms with Gasteiger partial charge in [0, 0.05) is 11.4 Å². The lowest BCUT2D eigenvalue weighted by molar-refractivity contribution is 0.309. The predicted octanol–water partition coefficient (Wildman–Crippen LogP) is 9.85. The van der Waals surface area contributed by atoms with Crippen molar-refractivity contribution in [1.29, 1.82) is 0 Å². The van der Waals surface area contributed by atoms with E-state index in [1.807, 2.05) is 50.2 Å². The number of hydrogen-bond acceptors (Lipinski definition) is 4. The molecule has 0 aliphatic heterocycles. The highest BCUT2D eigenvalue weighted by atomic mass is 16.5. The van der Waals surface area contributed by atoms with Crippen LogP contribution < -0.4 is 20.9 Å². The molecule has 1 aliphatic carbocycles. The lowest BCUT2D eigenvalue weighted by atomic mass is 9.67. The number of benzene rings is 6. The summed E-state index contributed by atoms with van der Waals surface area (Å²) in [5.41, 5.74) is 25.5. The van der Waals surface area contributed by atoms with Crippen LogP contribution in [0.25, 0.3) is 11.1 Å². The van der Waals surface area contributed by atoms with Gasteiger partial charge in [0.1, 0.15) is 11.5 Å². The van der Waals surface area contributed by atoms with Crippen molar-refractivity contribution in [2.75, 3.05) is 24.7 Å². The molecule has 0 bridgehead atoms. The SMILES string of the molecule is Cc1cc(N)ccc1OCCCc1ccc(C2(c3ccc(CCCOc4ccc(N)cc4C)cc3)c3ccccc3-c3ccccc32)cc1. The molecule has 0 amide bonds. The molecule has 246 valence electrons. The molecular weight excluding hydrogens is 601 g/mol. The van der Waals surface area contributed by atoms with E-state index >= 15 is 0 Å². The van der Waals surface area contributed by atoms with Gasteiger partial charge in [-0.1, -0.05) is 97.1 Å². The van der Waals surface area contributed by atoms with Crippen molar-refractivity contribution < 1.29 is 9.47 Å². The Bertz CT molecular complexity index is 1910. The first-order valence-corrected chi connectivity index (χ1v) is 17.3. The summed E-state index contributed by atoms with van der Waals surface area (Å²) in [6, 6.07) is 48.0. The molecular formula is C45H44N2O2. The van der Waals surface area contributed by atoms with Gasteiger partial charge in [0.15, 0.2) is 0 Å². The van der Waals surface area contributed by atoms with Gasteiger partial charge in [-0.25, -0.2) is 0 Å². The van der Waals surface area contributed by atoms with E-state index in [1.54, 1.807) is 0 Å². The van der Waals surface area contributed by atoms with E-state index in [-0.39, 0.29) is 0 Å². The van der Waals surface area contributed by atoms with Crippen LogP contribution in [0.1, 0.15) is 57.3 Å². The van der Waals surface area contributed by atoms with Crippen LogP contribution in [-0.4, -0.2) is 13.2 Å². The molecule has 1 aliphatic rings. The average Bonchev–Trinajstić information content (AvgIpc) is 3.42. The van der Waals surface area contributed by atoms with Crippen LogP contribution in [0, 0.1) is 13.8 Å². The van der Waals surface area contributed by atoms with E-state index in [0.29, 0.717) is 13.2 Å². The van der Waals surface area contributed by atoms with Crippen molar-refractivity contribution in [2.45, 2.75) is 44.9 Å². The van der Waals surface area contributed by atoms with E-state index in [9.17, 15) is 0 Å². The molecule has 0 fully saturated rings. The van der Waals surface area contributed by atoms with Crippen LogP contribution in [0.15, 0.2) is 133 Å². The fourth-order valence-electron chi connectivity index (χ4n) is 7.45. The zero-order valence-corrected chi connectivity index (χ0v) is 28.4. The van der Waals surface area contributed by atoms with E-state index < -0.39 is 5.41 Å². The van der Waals surface area contributed by atoms with Crippen LogP contribution in [0.3, 0.4) is 0 Å². The number of anilines is 2.